The van der Waals surface area contributed by atoms with Gasteiger partial charge in [0, 0.05) is 30.9 Å². The van der Waals surface area contributed by atoms with Crippen molar-refractivity contribution in [1.29, 1.82) is 0 Å². The van der Waals surface area contributed by atoms with Crippen LogP contribution in [0.3, 0.4) is 0 Å². The van der Waals surface area contributed by atoms with Crippen molar-refractivity contribution in [2.45, 2.75) is 13.5 Å². The average molecular weight is 348 g/mol. The minimum absolute atomic E-state index is 0.128. The summed E-state index contributed by atoms with van der Waals surface area (Å²) >= 11 is 6.00. The molecule has 0 saturated heterocycles. The number of hydrogen-bond acceptors (Lipinski definition) is 4. The van der Waals surface area contributed by atoms with Gasteiger partial charge in [0.25, 0.3) is 0 Å². The van der Waals surface area contributed by atoms with Crippen molar-refractivity contribution in [3.63, 3.8) is 0 Å². The molecule has 0 aliphatic carbocycles. The number of carbonyl (C=O) groups excluding carboxylic acids is 2. The zero-order valence-corrected chi connectivity index (χ0v) is 14.2. The van der Waals surface area contributed by atoms with Crippen LogP contribution in [0.2, 0.25) is 5.02 Å². The first-order chi connectivity index (χ1) is 11.5. The van der Waals surface area contributed by atoms with Crippen LogP contribution in [0.15, 0.2) is 42.7 Å². The summed E-state index contributed by atoms with van der Waals surface area (Å²) in [7, 11) is 1.49. The molecule has 0 aliphatic rings. The molecule has 2 rings (SSSR count). The van der Waals surface area contributed by atoms with E-state index in [1.54, 1.807) is 30.6 Å². The number of pyridine rings is 1. The highest BCUT2D eigenvalue weighted by Gasteiger charge is 2.19. The highest BCUT2D eigenvalue weighted by Crippen LogP contribution is 2.31. The van der Waals surface area contributed by atoms with Crippen LogP contribution in [0.25, 0.3) is 0 Å². The third kappa shape index (κ3) is 4.70. The highest BCUT2D eigenvalue weighted by atomic mass is 35.5. The van der Waals surface area contributed by atoms with Crippen molar-refractivity contribution >= 4 is 29.1 Å². The van der Waals surface area contributed by atoms with Crippen LogP contribution >= 0.6 is 11.6 Å². The minimum atomic E-state index is -0.288. The van der Waals surface area contributed by atoms with Crippen LogP contribution < -0.4 is 15.0 Å². The van der Waals surface area contributed by atoms with E-state index in [9.17, 15) is 9.59 Å². The Morgan fingerprint density at radius 3 is 2.58 bits per heavy atom. The standard InChI is InChI=1S/C17H18ClN3O3/c1-12(22)21(15-9-14(18)3-4-16(15)24-2)11-17(23)20-10-13-5-7-19-8-6-13/h3-9H,10-11H2,1-2H3,(H,20,23). The molecule has 0 atom stereocenters. The van der Waals surface area contributed by atoms with Gasteiger partial charge in [0.05, 0.1) is 12.8 Å². The lowest BCUT2D eigenvalue weighted by Crippen LogP contribution is -2.39. The number of hydrogen-bond donors (Lipinski definition) is 1. The summed E-state index contributed by atoms with van der Waals surface area (Å²) in [6, 6.07) is 8.53. The van der Waals surface area contributed by atoms with Crippen molar-refractivity contribution in [1.82, 2.24) is 10.3 Å². The fourth-order valence-electron chi connectivity index (χ4n) is 2.14. The normalized spacial score (nSPS) is 10.1. The molecule has 0 aliphatic heterocycles. The number of ether oxygens (including phenoxy) is 1. The molecule has 1 aromatic carbocycles. The van der Waals surface area contributed by atoms with Gasteiger partial charge in [0.15, 0.2) is 0 Å². The Hall–Kier alpha value is -2.60. The molecule has 24 heavy (non-hydrogen) atoms. The molecule has 2 aromatic rings. The monoisotopic (exact) mass is 347 g/mol. The molecule has 0 radical (unpaired) electrons. The van der Waals surface area contributed by atoms with Crippen LogP contribution in [-0.4, -0.2) is 30.5 Å². The Labute approximate surface area is 145 Å². The van der Waals surface area contributed by atoms with E-state index in [2.05, 4.69) is 10.3 Å². The number of methoxy groups -OCH3 is 1. The Morgan fingerprint density at radius 1 is 1.25 bits per heavy atom. The Balaban J connectivity index is 2.10. The molecule has 6 nitrogen and oxygen atoms in total. The first-order valence-corrected chi connectivity index (χ1v) is 7.66. The summed E-state index contributed by atoms with van der Waals surface area (Å²) in [5.74, 6) is -0.102. The molecular formula is C17H18ClN3O3. The smallest absolute Gasteiger partial charge is 0.240 e. The number of amides is 2. The summed E-state index contributed by atoms with van der Waals surface area (Å²) in [6.45, 7) is 1.62. The number of rotatable bonds is 6. The molecule has 126 valence electrons. The minimum Gasteiger partial charge on any atom is -0.495 e. The lowest BCUT2D eigenvalue weighted by Gasteiger charge is -2.23. The lowest BCUT2D eigenvalue weighted by atomic mass is 10.2. The molecule has 7 heteroatoms. The topological polar surface area (TPSA) is 71.5 Å². The number of carbonyl (C=O) groups is 2. The predicted octanol–water partition coefficient (Wildman–Crippen LogP) is 2.41. The van der Waals surface area contributed by atoms with E-state index in [0.717, 1.165) is 5.56 Å². The van der Waals surface area contributed by atoms with E-state index in [-0.39, 0.29) is 18.4 Å². The van der Waals surface area contributed by atoms with Gasteiger partial charge in [-0.3, -0.25) is 19.5 Å². The van der Waals surface area contributed by atoms with E-state index >= 15 is 0 Å². The summed E-state index contributed by atoms with van der Waals surface area (Å²) in [4.78, 5) is 29.4. The number of anilines is 1. The van der Waals surface area contributed by atoms with Gasteiger partial charge >= 0.3 is 0 Å². The second-order valence-electron chi connectivity index (χ2n) is 5.05. The van der Waals surface area contributed by atoms with Gasteiger partial charge in [-0.1, -0.05) is 11.6 Å². The lowest BCUT2D eigenvalue weighted by molar-refractivity contribution is -0.123. The average Bonchev–Trinajstić information content (AvgIpc) is 2.58. The van der Waals surface area contributed by atoms with Crippen LogP contribution in [0.5, 0.6) is 5.75 Å². The second-order valence-corrected chi connectivity index (χ2v) is 5.49. The highest BCUT2D eigenvalue weighted by molar-refractivity contribution is 6.31. The maximum Gasteiger partial charge on any atom is 0.240 e. The number of halogens is 1. The van der Waals surface area contributed by atoms with Crippen molar-refractivity contribution in [2.24, 2.45) is 0 Å². The quantitative estimate of drug-likeness (QED) is 0.871. The van der Waals surface area contributed by atoms with Gasteiger partial charge in [0.2, 0.25) is 11.8 Å². The van der Waals surface area contributed by atoms with Crippen molar-refractivity contribution < 1.29 is 14.3 Å². The number of nitrogens with one attached hydrogen (secondary N) is 1. The first-order valence-electron chi connectivity index (χ1n) is 7.28. The van der Waals surface area contributed by atoms with Gasteiger partial charge in [-0.25, -0.2) is 0 Å². The van der Waals surface area contributed by atoms with E-state index in [0.29, 0.717) is 23.0 Å². The maximum absolute atomic E-state index is 12.2. The summed E-state index contributed by atoms with van der Waals surface area (Å²) < 4.78 is 5.25. The van der Waals surface area contributed by atoms with Crippen LogP contribution in [0.4, 0.5) is 5.69 Å². The molecule has 0 fully saturated rings. The number of nitrogens with zero attached hydrogens (tertiary/aromatic N) is 2. The zero-order valence-electron chi connectivity index (χ0n) is 13.5. The zero-order chi connectivity index (χ0) is 17.5. The largest absolute Gasteiger partial charge is 0.495 e. The molecule has 1 heterocycles. The van der Waals surface area contributed by atoms with E-state index in [1.165, 1.54) is 18.9 Å². The van der Waals surface area contributed by atoms with Gasteiger partial charge in [-0.05, 0) is 35.9 Å². The molecule has 0 bridgehead atoms. The van der Waals surface area contributed by atoms with Crippen LogP contribution in [0.1, 0.15) is 12.5 Å². The summed E-state index contributed by atoms with van der Waals surface area (Å²) in [5.41, 5.74) is 1.38. The van der Waals surface area contributed by atoms with Crippen LogP contribution in [0, 0.1) is 0 Å². The Kier molecular flexibility index (Phi) is 6.14. The van der Waals surface area contributed by atoms with E-state index in [1.807, 2.05) is 12.1 Å². The van der Waals surface area contributed by atoms with Gasteiger partial charge in [-0.2, -0.15) is 0 Å². The number of benzene rings is 1. The molecule has 2 amide bonds. The van der Waals surface area contributed by atoms with Crippen LogP contribution in [-0.2, 0) is 16.1 Å². The Bertz CT molecular complexity index is 722. The summed E-state index contributed by atoms with van der Waals surface area (Å²) in [6.07, 6.45) is 3.31. The van der Waals surface area contributed by atoms with Crippen molar-refractivity contribution in [3.8, 4) is 5.75 Å². The second kappa shape index (κ2) is 8.31. The van der Waals surface area contributed by atoms with Crippen molar-refractivity contribution in [3.05, 3.63) is 53.3 Å². The van der Waals surface area contributed by atoms with Gasteiger partial charge in [0.1, 0.15) is 12.3 Å². The van der Waals surface area contributed by atoms with Crippen molar-refractivity contribution in [2.75, 3.05) is 18.6 Å². The third-order valence-corrected chi connectivity index (χ3v) is 3.59. The third-order valence-electron chi connectivity index (χ3n) is 3.35. The number of aromatic nitrogens is 1. The summed E-state index contributed by atoms with van der Waals surface area (Å²) in [5, 5.41) is 3.22. The fourth-order valence-corrected chi connectivity index (χ4v) is 2.31. The molecule has 1 N–H and O–H groups in total. The predicted molar refractivity (Wildman–Crippen MR) is 92.1 cm³/mol. The van der Waals surface area contributed by atoms with Gasteiger partial charge in [-0.15, -0.1) is 0 Å². The van der Waals surface area contributed by atoms with E-state index < -0.39 is 0 Å². The molecule has 0 spiro atoms. The molecule has 0 saturated carbocycles. The van der Waals surface area contributed by atoms with E-state index in [4.69, 9.17) is 16.3 Å². The molecule has 0 unspecified atom stereocenters. The Morgan fingerprint density at radius 2 is 1.96 bits per heavy atom. The SMILES string of the molecule is COc1ccc(Cl)cc1N(CC(=O)NCc1ccncc1)C(C)=O. The molecule has 1 aromatic heterocycles. The first kappa shape index (κ1) is 17.7. The molecular weight excluding hydrogens is 330 g/mol. The fraction of sp³-hybridized carbons (Fsp3) is 0.235. The maximum atomic E-state index is 12.2. The van der Waals surface area contributed by atoms with Gasteiger partial charge < -0.3 is 10.1 Å².